The van der Waals surface area contributed by atoms with Crippen molar-refractivity contribution in [3.8, 4) is 17.2 Å². The van der Waals surface area contributed by atoms with E-state index in [-0.39, 0.29) is 12.4 Å². The van der Waals surface area contributed by atoms with Gasteiger partial charge in [0.05, 0.1) is 29.5 Å². The van der Waals surface area contributed by atoms with Gasteiger partial charge in [0, 0.05) is 17.4 Å². The van der Waals surface area contributed by atoms with Crippen molar-refractivity contribution >= 4 is 23.1 Å². The molecule has 0 atom stereocenters. The average molecular weight is 439 g/mol. The third-order valence-corrected chi connectivity index (χ3v) is 5.37. The molecule has 2 aromatic carbocycles. The third-order valence-electron chi connectivity index (χ3n) is 4.55. The highest BCUT2D eigenvalue weighted by Gasteiger charge is 2.16. The Hall–Kier alpha value is -3.39. The smallest absolute Gasteiger partial charge is 0.338 e. The van der Waals surface area contributed by atoms with Crippen molar-refractivity contribution in [1.82, 2.24) is 4.98 Å². The molecule has 0 N–H and O–H groups in total. The number of rotatable bonds is 7. The number of benzene rings is 2. The first-order chi connectivity index (χ1) is 15.1. The van der Waals surface area contributed by atoms with Crippen molar-refractivity contribution in [1.29, 1.82) is 0 Å². The summed E-state index contributed by atoms with van der Waals surface area (Å²) in [5.41, 5.74) is 1.60. The monoisotopic (exact) mass is 439 g/mol. The number of thiazole rings is 1. The van der Waals surface area contributed by atoms with E-state index in [1.807, 2.05) is 12.3 Å². The van der Waals surface area contributed by atoms with Gasteiger partial charge in [-0.05, 0) is 49.4 Å². The molecule has 0 amide bonds. The van der Waals surface area contributed by atoms with Crippen molar-refractivity contribution in [3.63, 3.8) is 0 Å². The van der Waals surface area contributed by atoms with Gasteiger partial charge in [0.2, 0.25) is 0 Å². The minimum atomic E-state index is -0.579. The number of ketones is 1. The van der Waals surface area contributed by atoms with Crippen LogP contribution in [0, 0.1) is 6.92 Å². The molecule has 8 heteroatoms. The van der Waals surface area contributed by atoms with E-state index in [1.165, 1.54) is 0 Å². The van der Waals surface area contributed by atoms with Gasteiger partial charge >= 0.3 is 5.97 Å². The van der Waals surface area contributed by atoms with Crippen LogP contribution in [0.2, 0.25) is 0 Å². The predicted octanol–water partition coefficient (Wildman–Crippen LogP) is 4.23. The Morgan fingerprint density at radius 3 is 2.52 bits per heavy atom. The summed E-state index contributed by atoms with van der Waals surface area (Å²) in [6.07, 6.45) is 0.782. The molecule has 0 unspecified atom stereocenters. The number of ether oxygens (including phenoxy) is 4. The minimum absolute atomic E-state index is 0.317. The van der Waals surface area contributed by atoms with E-state index in [0.29, 0.717) is 48.2 Å². The van der Waals surface area contributed by atoms with E-state index < -0.39 is 5.97 Å². The van der Waals surface area contributed by atoms with Crippen molar-refractivity contribution < 1.29 is 28.5 Å². The summed E-state index contributed by atoms with van der Waals surface area (Å²) in [5.74, 6) is 0.855. The fourth-order valence-corrected chi connectivity index (χ4v) is 3.55. The molecule has 1 aromatic heterocycles. The fraction of sp³-hybridized carbons (Fsp3) is 0.261. The van der Waals surface area contributed by atoms with E-state index in [2.05, 4.69) is 4.98 Å². The molecule has 4 rings (SSSR count). The average Bonchev–Trinajstić information content (AvgIpc) is 3.06. The maximum absolute atomic E-state index is 12.4. The highest BCUT2D eigenvalue weighted by Crippen LogP contribution is 2.30. The molecule has 1 aliphatic rings. The zero-order valence-corrected chi connectivity index (χ0v) is 17.8. The maximum Gasteiger partial charge on any atom is 0.338 e. The number of carbonyl (C=O) groups is 2. The molecular weight excluding hydrogens is 418 g/mol. The molecule has 160 valence electrons. The zero-order chi connectivity index (χ0) is 21.6. The Labute approximate surface area is 183 Å². The molecule has 0 saturated heterocycles. The van der Waals surface area contributed by atoms with E-state index >= 15 is 0 Å². The lowest BCUT2D eigenvalue weighted by Gasteiger charge is -2.09. The quantitative estimate of drug-likeness (QED) is 0.402. The van der Waals surface area contributed by atoms with Crippen molar-refractivity contribution in [2.75, 3.05) is 19.8 Å². The number of aryl methyl sites for hydroxylation is 1. The van der Waals surface area contributed by atoms with Gasteiger partial charge in [-0.2, -0.15) is 0 Å². The van der Waals surface area contributed by atoms with Crippen LogP contribution in [-0.2, 0) is 11.3 Å². The van der Waals surface area contributed by atoms with E-state index in [9.17, 15) is 9.59 Å². The molecular formula is C23H21NO6S. The molecule has 0 bridgehead atoms. The molecule has 0 aliphatic carbocycles. The normalized spacial score (nSPS) is 12.7. The molecule has 1 aliphatic heterocycles. The number of hydrogen-bond donors (Lipinski definition) is 0. The number of aromatic nitrogens is 1. The summed E-state index contributed by atoms with van der Waals surface area (Å²) in [6.45, 7) is 3.04. The third kappa shape index (κ3) is 5.40. The van der Waals surface area contributed by atoms with Crippen LogP contribution in [0.3, 0.4) is 0 Å². The van der Waals surface area contributed by atoms with Crippen LogP contribution in [0.4, 0.5) is 0 Å². The largest absolute Gasteiger partial charge is 0.490 e. The number of esters is 1. The summed E-state index contributed by atoms with van der Waals surface area (Å²) >= 11 is 1.57. The van der Waals surface area contributed by atoms with Crippen LogP contribution in [0.1, 0.15) is 37.8 Å². The SMILES string of the molecule is Cc1nc(COc2ccc(C(=O)OCC(=O)c3ccc4c(c3)OCCCO4)cc2)cs1. The molecule has 0 saturated carbocycles. The summed E-state index contributed by atoms with van der Waals surface area (Å²) in [5, 5.41) is 2.93. The minimum Gasteiger partial charge on any atom is -0.490 e. The van der Waals surface area contributed by atoms with Gasteiger partial charge in [0.1, 0.15) is 12.4 Å². The topological polar surface area (TPSA) is 84.0 Å². The van der Waals surface area contributed by atoms with Crippen molar-refractivity contribution in [2.45, 2.75) is 20.0 Å². The maximum atomic E-state index is 12.4. The van der Waals surface area contributed by atoms with Gasteiger partial charge in [-0.1, -0.05) is 0 Å². The van der Waals surface area contributed by atoms with Gasteiger partial charge in [-0.3, -0.25) is 4.79 Å². The lowest BCUT2D eigenvalue weighted by atomic mass is 10.1. The Balaban J connectivity index is 1.30. The van der Waals surface area contributed by atoms with Crippen molar-refractivity contribution in [3.05, 3.63) is 69.7 Å². The lowest BCUT2D eigenvalue weighted by molar-refractivity contribution is 0.0474. The van der Waals surface area contributed by atoms with Crippen LogP contribution in [-0.4, -0.2) is 36.6 Å². The lowest BCUT2D eigenvalue weighted by Crippen LogP contribution is -2.14. The van der Waals surface area contributed by atoms with Crippen LogP contribution >= 0.6 is 11.3 Å². The second kappa shape index (κ2) is 9.61. The van der Waals surface area contributed by atoms with E-state index in [0.717, 1.165) is 17.1 Å². The molecule has 0 fully saturated rings. The first-order valence-electron chi connectivity index (χ1n) is 9.82. The Morgan fingerprint density at radius 2 is 1.77 bits per heavy atom. The molecule has 0 spiro atoms. The van der Waals surface area contributed by atoms with Gasteiger partial charge in [0.25, 0.3) is 0 Å². The van der Waals surface area contributed by atoms with Gasteiger partial charge in [0.15, 0.2) is 23.9 Å². The molecule has 2 heterocycles. The second-order valence-electron chi connectivity index (χ2n) is 6.88. The number of carbonyl (C=O) groups excluding carboxylic acids is 2. The standard InChI is InChI=1S/C23H21NO6S/c1-15-24-18(14-31-15)12-29-19-6-3-16(4-7-19)23(26)30-13-20(25)17-5-8-21-22(11-17)28-10-2-9-27-21/h3-8,11,14H,2,9-10,12-13H2,1H3. The number of Topliss-reactive ketones (excluding diaryl/α,β-unsaturated/α-hetero) is 1. The summed E-state index contributed by atoms with van der Waals surface area (Å²) in [4.78, 5) is 29.1. The van der Waals surface area contributed by atoms with Crippen LogP contribution < -0.4 is 14.2 Å². The highest BCUT2D eigenvalue weighted by molar-refractivity contribution is 7.09. The molecule has 0 radical (unpaired) electrons. The fourth-order valence-electron chi connectivity index (χ4n) is 2.95. The van der Waals surface area contributed by atoms with Crippen LogP contribution in [0.25, 0.3) is 0 Å². The predicted molar refractivity (Wildman–Crippen MR) is 114 cm³/mol. The second-order valence-corrected chi connectivity index (χ2v) is 7.94. The summed E-state index contributed by atoms with van der Waals surface area (Å²) in [7, 11) is 0. The van der Waals surface area contributed by atoms with Gasteiger partial charge in [-0.25, -0.2) is 9.78 Å². The number of hydrogen-bond acceptors (Lipinski definition) is 8. The highest BCUT2D eigenvalue weighted by atomic mass is 32.1. The first kappa shape index (κ1) is 20.9. The number of nitrogens with zero attached hydrogens (tertiary/aromatic N) is 1. The molecule has 31 heavy (non-hydrogen) atoms. The number of fused-ring (bicyclic) bond motifs is 1. The van der Waals surface area contributed by atoms with Gasteiger partial charge in [-0.15, -0.1) is 11.3 Å². The Bertz CT molecular complexity index is 1080. The molecule has 7 nitrogen and oxygen atoms in total. The van der Waals surface area contributed by atoms with Crippen molar-refractivity contribution in [2.24, 2.45) is 0 Å². The molecule has 3 aromatic rings. The summed E-state index contributed by atoms with van der Waals surface area (Å²) < 4.78 is 22.0. The van der Waals surface area contributed by atoms with E-state index in [1.54, 1.807) is 53.8 Å². The zero-order valence-electron chi connectivity index (χ0n) is 17.0. The van der Waals surface area contributed by atoms with Crippen LogP contribution in [0.5, 0.6) is 17.2 Å². The Morgan fingerprint density at radius 1 is 1.03 bits per heavy atom. The first-order valence-corrected chi connectivity index (χ1v) is 10.7. The summed E-state index contributed by atoms with van der Waals surface area (Å²) in [6, 6.07) is 11.5. The van der Waals surface area contributed by atoms with E-state index in [4.69, 9.17) is 18.9 Å². The van der Waals surface area contributed by atoms with Crippen LogP contribution in [0.15, 0.2) is 47.8 Å². The van der Waals surface area contributed by atoms with Gasteiger partial charge < -0.3 is 18.9 Å². The Kier molecular flexibility index (Phi) is 6.47.